The Bertz CT molecular complexity index is 484. The molecule has 0 heterocycles. The SMILES string of the molecule is CCN(CC)CCOc1ccccc1CNC(=NC)NCCSC.I. The predicted molar refractivity (Wildman–Crippen MR) is 122 cm³/mol. The second-order valence-electron chi connectivity index (χ2n) is 5.33. The van der Waals surface area contributed by atoms with Crippen LogP contribution in [0.5, 0.6) is 5.75 Å². The summed E-state index contributed by atoms with van der Waals surface area (Å²) in [6.45, 7) is 9.73. The first-order chi connectivity index (χ1) is 11.7. The number of thioether (sulfide) groups is 1. The second-order valence-corrected chi connectivity index (χ2v) is 6.31. The van der Waals surface area contributed by atoms with Crippen LogP contribution < -0.4 is 15.4 Å². The molecule has 1 aromatic rings. The summed E-state index contributed by atoms with van der Waals surface area (Å²) < 4.78 is 5.99. The normalized spacial score (nSPS) is 11.2. The quantitative estimate of drug-likeness (QED) is 0.221. The molecule has 0 saturated carbocycles. The van der Waals surface area contributed by atoms with Gasteiger partial charge in [-0.25, -0.2) is 0 Å². The number of benzene rings is 1. The fourth-order valence-corrected chi connectivity index (χ4v) is 2.59. The zero-order valence-electron chi connectivity index (χ0n) is 15.9. The van der Waals surface area contributed by atoms with Crippen LogP contribution in [0.4, 0.5) is 0 Å². The van der Waals surface area contributed by atoms with Gasteiger partial charge in [0.05, 0.1) is 0 Å². The number of hydrogen-bond acceptors (Lipinski definition) is 4. The molecule has 25 heavy (non-hydrogen) atoms. The van der Waals surface area contributed by atoms with Crippen molar-refractivity contribution in [2.75, 3.05) is 51.8 Å². The van der Waals surface area contributed by atoms with Crippen LogP contribution in [0.3, 0.4) is 0 Å². The van der Waals surface area contributed by atoms with Crippen molar-refractivity contribution < 1.29 is 4.74 Å². The molecule has 0 unspecified atom stereocenters. The number of guanidine groups is 1. The topological polar surface area (TPSA) is 48.9 Å². The summed E-state index contributed by atoms with van der Waals surface area (Å²) in [5.41, 5.74) is 1.14. The third kappa shape index (κ3) is 10.2. The van der Waals surface area contributed by atoms with Crippen LogP contribution in [-0.4, -0.2) is 62.7 Å². The minimum Gasteiger partial charge on any atom is -0.492 e. The number of hydrogen-bond donors (Lipinski definition) is 2. The van der Waals surface area contributed by atoms with Gasteiger partial charge in [0.15, 0.2) is 5.96 Å². The maximum absolute atomic E-state index is 5.99. The average molecular weight is 480 g/mol. The van der Waals surface area contributed by atoms with Crippen molar-refractivity contribution in [3.8, 4) is 5.75 Å². The van der Waals surface area contributed by atoms with Crippen molar-refractivity contribution in [3.05, 3.63) is 29.8 Å². The van der Waals surface area contributed by atoms with Crippen molar-refractivity contribution in [1.29, 1.82) is 0 Å². The molecule has 0 bridgehead atoms. The van der Waals surface area contributed by atoms with Gasteiger partial charge in [0.25, 0.3) is 0 Å². The molecule has 2 N–H and O–H groups in total. The molecule has 0 fully saturated rings. The highest BCUT2D eigenvalue weighted by molar-refractivity contribution is 14.0. The van der Waals surface area contributed by atoms with Crippen LogP contribution in [0.15, 0.2) is 29.3 Å². The minimum absolute atomic E-state index is 0. The molecule has 0 aliphatic rings. The van der Waals surface area contributed by atoms with Gasteiger partial charge in [-0.1, -0.05) is 32.0 Å². The molecule has 0 saturated heterocycles. The third-order valence-electron chi connectivity index (χ3n) is 3.80. The van der Waals surface area contributed by atoms with E-state index in [4.69, 9.17) is 4.74 Å². The molecule has 0 spiro atoms. The minimum atomic E-state index is 0. The molecule has 0 amide bonds. The third-order valence-corrected chi connectivity index (χ3v) is 4.41. The van der Waals surface area contributed by atoms with E-state index in [-0.39, 0.29) is 24.0 Å². The Labute approximate surface area is 174 Å². The van der Waals surface area contributed by atoms with Gasteiger partial charge in [-0.05, 0) is 25.4 Å². The molecule has 0 radical (unpaired) electrons. The van der Waals surface area contributed by atoms with Crippen LogP contribution in [0, 0.1) is 0 Å². The molecular weight excluding hydrogens is 447 g/mol. The fraction of sp³-hybridized carbons (Fsp3) is 0.611. The van der Waals surface area contributed by atoms with E-state index in [1.165, 1.54) is 0 Å². The Balaban J connectivity index is 0.00000576. The van der Waals surface area contributed by atoms with Gasteiger partial charge in [0.1, 0.15) is 12.4 Å². The first-order valence-electron chi connectivity index (χ1n) is 8.61. The van der Waals surface area contributed by atoms with Crippen molar-refractivity contribution >= 4 is 41.7 Å². The van der Waals surface area contributed by atoms with Gasteiger partial charge in [0.2, 0.25) is 0 Å². The summed E-state index contributed by atoms with van der Waals surface area (Å²) in [4.78, 5) is 6.61. The highest BCUT2D eigenvalue weighted by atomic mass is 127. The van der Waals surface area contributed by atoms with Crippen molar-refractivity contribution in [3.63, 3.8) is 0 Å². The summed E-state index contributed by atoms with van der Waals surface area (Å²) in [6, 6.07) is 8.18. The zero-order valence-corrected chi connectivity index (χ0v) is 19.0. The number of para-hydroxylation sites is 1. The number of nitrogens with zero attached hydrogens (tertiary/aromatic N) is 2. The highest BCUT2D eigenvalue weighted by Crippen LogP contribution is 2.17. The molecule has 0 aliphatic carbocycles. The largest absolute Gasteiger partial charge is 0.492 e. The Morgan fingerprint density at radius 2 is 1.92 bits per heavy atom. The van der Waals surface area contributed by atoms with Crippen LogP contribution in [-0.2, 0) is 6.54 Å². The van der Waals surface area contributed by atoms with E-state index < -0.39 is 0 Å². The molecule has 7 heteroatoms. The van der Waals surface area contributed by atoms with Crippen LogP contribution in [0.25, 0.3) is 0 Å². The number of likely N-dealkylation sites (N-methyl/N-ethyl adjacent to an activating group) is 1. The highest BCUT2D eigenvalue weighted by Gasteiger charge is 2.05. The van der Waals surface area contributed by atoms with Crippen molar-refractivity contribution in [2.24, 2.45) is 4.99 Å². The van der Waals surface area contributed by atoms with Crippen molar-refractivity contribution in [2.45, 2.75) is 20.4 Å². The van der Waals surface area contributed by atoms with Gasteiger partial charge in [-0.15, -0.1) is 24.0 Å². The van der Waals surface area contributed by atoms with Gasteiger partial charge in [-0.2, -0.15) is 11.8 Å². The Hall–Kier alpha value is -0.670. The van der Waals surface area contributed by atoms with E-state index in [0.717, 1.165) is 49.2 Å². The van der Waals surface area contributed by atoms with Gasteiger partial charge in [0, 0.05) is 38.0 Å². The molecule has 1 aromatic carbocycles. The lowest BCUT2D eigenvalue weighted by Crippen LogP contribution is -2.38. The summed E-state index contributed by atoms with van der Waals surface area (Å²) >= 11 is 1.82. The lowest BCUT2D eigenvalue weighted by Gasteiger charge is -2.19. The first-order valence-corrected chi connectivity index (χ1v) is 10.0. The number of nitrogens with one attached hydrogen (secondary N) is 2. The van der Waals surface area contributed by atoms with E-state index in [0.29, 0.717) is 13.2 Å². The zero-order chi connectivity index (χ0) is 17.6. The lowest BCUT2D eigenvalue weighted by atomic mass is 10.2. The molecular formula is C18H33IN4OS. The maximum atomic E-state index is 5.99. The Morgan fingerprint density at radius 3 is 2.56 bits per heavy atom. The van der Waals surface area contributed by atoms with E-state index in [9.17, 15) is 0 Å². The molecule has 5 nitrogen and oxygen atoms in total. The predicted octanol–water partition coefficient (Wildman–Crippen LogP) is 3.05. The lowest BCUT2D eigenvalue weighted by molar-refractivity contribution is 0.221. The summed E-state index contributed by atoms with van der Waals surface area (Å²) in [5, 5.41) is 6.65. The summed E-state index contributed by atoms with van der Waals surface area (Å²) in [7, 11) is 1.79. The number of rotatable bonds is 11. The monoisotopic (exact) mass is 480 g/mol. The average Bonchev–Trinajstić information content (AvgIpc) is 2.62. The standard InChI is InChI=1S/C18H32N4OS.HI/c1-5-22(6-2)12-13-23-17-10-8-7-9-16(17)15-21-18(19-3)20-11-14-24-4;/h7-10H,5-6,11-15H2,1-4H3,(H2,19,20,21);1H. The molecule has 0 aromatic heterocycles. The summed E-state index contributed by atoms with van der Waals surface area (Å²) in [5.74, 6) is 2.82. The summed E-state index contributed by atoms with van der Waals surface area (Å²) in [6.07, 6.45) is 2.10. The van der Waals surface area contributed by atoms with E-state index in [1.807, 2.05) is 30.0 Å². The molecule has 0 aliphatic heterocycles. The first kappa shape index (κ1) is 24.3. The van der Waals surface area contributed by atoms with E-state index in [2.05, 4.69) is 46.7 Å². The van der Waals surface area contributed by atoms with Crippen LogP contribution in [0.1, 0.15) is 19.4 Å². The fourth-order valence-electron chi connectivity index (χ4n) is 2.29. The molecule has 1 rings (SSSR count). The Morgan fingerprint density at radius 1 is 1.20 bits per heavy atom. The number of aliphatic imine (C=N–C) groups is 1. The van der Waals surface area contributed by atoms with E-state index in [1.54, 1.807) is 7.05 Å². The number of halogens is 1. The van der Waals surface area contributed by atoms with Gasteiger partial charge >= 0.3 is 0 Å². The number of ether oxygens (including phenoxy) is 1. The van der Waals surface area contributed by atoms with E-state index >= 15 is 0 Å². The molecule has 144 valence electrons. The molecule has 0 atom stereocenters. The maximum Gasteiger partial charge on any atom is 0.191 e. The smallest absolute Gasteiger partial charge is 0.191 e. The van der Waals surface area contributed by atoms with Gasteiger partial charge < -0.3 is 20.3 Å². The van der Waals surface area contributed by atoms with Crippen LogP contribution in [0.2, 0.25) is 0 Å². The second kappa shape index (κ2) is 15.6. The van der Waals surface area contributed by atoms with Crippen LogP contribution >= 0.6 is 35.7 Å². The van der Waals surface area contributed by atoms with Gasteiger partial charge in [-0.3, -0.25) is 4.99 Å². The van der Waals surface area contributed by atoms with Crippen molar-refractivity contribution in [1.82, 2.24) is 15.5 Å². The Kier molecular flexibility index (Phi) is 15.2.